The molecule has 7 nitrogen and oxygen atoms in total. The van der Waals surface area contributed by atoms with Crippen LogP contribution in [0.4, 0.5) is 15.8 Å². The molecule has 5 rings (SSSR count). The predicted molar refractivity (Wildman–Crippen MR) is 139 cm³/mol. The second-order valence-electron chi connectivity index (χ2n) is 8.27. The van der Waals surface area contributed by atoms with Gasteiger partial charge < -0.3 is 19.5 Å². The van der Waals surface area contributed by atoms with E-state index in [1.54, 1.807) is 35.2 Å². The molecule has 0 atom stereocenters. The van der Waals surface area contributed by atoms with Crippen LogP contribution in [0.3, 0.4) is 0 Å². The number of amides is 2. The number of piperazine rings is 1. The number of aromatic nitrogens is 1. The number of nitrogens with one attached hydrogen (secondary N) is 1. The predicted octanol–water partition coefficient (Wildman–Crippen LogP) is 5.31. The lowest BCUT2D eigenvalue weighted by molar-refractivity contribution is -0.113. The Hall–Kier alpha value is -3.56. The summed E-state index contributed by atoms with van der Waals surface area (Å²) in [6.07, 6.45) is 0. The lowest BCUT2D eigenvalue weighted by Crippen LogP contribution is -2.48. The van der Waals surface area contributed by atoms with Crippen LogP contribution in [0.25, 0.3) is 11.1 Å². The van der Waals surface area contributed by atoms with Gasteiger partial charge in [-0.25, -0.2) is 9.37 Å². The molecule has 0 saturated carbocycles. The van der Waals surface area contributed by atoms with E-state index >= 15 is 0 Å². The van der Waals surface area contributed by atoms with Crippen molar-refractivity contribution in [2.24, 2.45) is 0 Å². The Morgan fingerprint density at radius 2 is 1.81 bits per heavy atom. The highest BCUT2D eigenvalue weighted by Gasteiger charge is 2.22. The zero-order valence-corrected chi connectivity index (χ0v) is 20.7. The van der Waals surface area contributed by atoms with Gasteiger partial charge in [-0.1, -0.05) is 29.4 Å². The van der Waals surface area contributed by atoms with E-state index < -0.39 is 5.82 Å². The van der Waals surface area contributed by atoms with Gasteiger partial charge in [-0.05, 0) is 60.7 Å². The Morgan fingerprint density at radius 1 is 1.03 bits per heavy atom. The van der Waals surface area contributed by atoms with Crippen LogP contribution in [0.2, 0.25) is 5.02 Å². The normalized spacial score (nSPS) is 13.7. The van der Waals surface area contributed by atoms with Crippen molar-refractivity contribution in [2.75, 3.05) is 42.1 Å². The molecule has 1 saturated heterocycles. The average Bonchev–Trinajstić information content (AvgIpc) is 3.30. The molecule has 36 heavy (non-hydrogen) atoms. The molecule has 1 N–H and O–H groups in total. The minimum Gasteiger partial charge on any atom is -0.431 e. The largest absolute Gasteiger partial charge is 0.431 e. The van der Waals surface area contributed by atoms with Crippen LogP contribution < -0.4 is 10.2 Å². The minimum atomic E-state index is -0.415. The number of anilines is 2. The van der Waals surface area contributed by atoms with E-state index in [1.165, 1.54) is 23.9 Å². The summed E-state index contributed by atoms with van der Waals surface area (Å²) >= 11 is 7.18. The zero-order valence-electron chi connectivity index (χ0n) is 19.1. The Kier molecular flexibility index (Phi) is 7.11. The van der Waals surface area contributed by atoms with Crippen molar-refractivity contribution >= 4 is 57.7 Å². The molecule has 3 aromatic carbocycles. The maximum absolute atomic E-state index is 13.4. The molecule has 184 valence electrons. The van der Waals surface area contributed by atoms with Crippen molar-refractivity contribution in [3.05, 3.63) is 83.1 Å². The lowest BCUT2D eigenvalue weighted by Gasteiger charge is -2.36. The first-order valence-electron chi connectivity index (χ1n) is 11.3. The van der Waals surface area contributed by atoms with Crippen LogP contribution in [0.15, 0.2) is 76.4 Å². The van der Waals surface area contributed by atoms with Crippen molar-refractivity contribution in [3.8, 4) is 0 Å². The second kappa shape index (κ2) is 10.6. The molecule has 1 aliphatic heterocycles. The molecule has 1 aliphatic rings. The Balaban J connectivity index is 1.11. The Morgan fingerprint density at radius 3 is 2.56 bits per heavy atom. The van der Waals surface area contributed by atoms with E-state index in [0.717, 1.165) is 5.69 Å². The van der Waals surface area contributed by atoms with Crippen molar-refractivity contribution in [3.63, 3.8) is 0 Å². The summed E-state index contributed by atoms with van der Waals surface area (Å²) in [6.45, 7) is 2.43. The van der Waals surface area contributed by atoms with Crippen LogP contribution in [0.5, 0.6) is 0 Å². The molecule has 0 radical (unpaired) electrons. The number of thioether (sulfide) groups is 1. The fourth-order valence-corrected chi connectivity index (χ4v) is 4.80. The van der Waals surface area contributed by atoms with Gasteiger partial charge in [0.05, 0.1) is 5.75 Å². The summed E-state index contributed by atoms with van der Waals surface area (Å²) in [5, 5.41) is 3.86. The lowest BCUT2D eigenvalue weighted by atomic mass is 10.1. The SMILES string of the molecule is O=C(CSc1nc2cc(Cl)ccc2o1)Nc1ccc(N2CCN(C(=O)c3cccc(F)c3)CC2)cc1. The fourth-order valence-electron chi connectivity index (χ4n) is 3.99. The number of nitrogens with zero attached hydrogens (tertiary/aromatic N) is 3. The molecule has 1 aromatic heterocycles. The van der Waals surface area contributed by atoms with Gasteiger partial charge >= 0.3 is 0 Å². The first-order valence-corrected chi connectivity index (χ1v) is 12.7. The van der Waals surface area contributed by atoms with Crippen LogP contribution in [-0.4, -0.2) is 53.6 Å². The van der Waals surface area contributed by atoms with Gasteiger partial charge in [0.25, 0.3) is 11.1 Å². The molecular formula is C26H22ClFN4O3S. The summed E-state index contributed by atoms with van der Waals surface area (Å²) < 4.78 is 19.1. The number of halogens is 2. The van der Waals surface area contributed by atoms with Gasteiger partial charge in [0.1, 0.15) is 11.3 Å². The molecule has 0 bridgehead atoms. The van der Waals surface area contributed by atoms with E-state index in [4.69, 9.17) is 16.0 Å². The van der Waals surface area contributed by atoms with Gasteiger partial charge in [-0.15, -0.1) is 0 Å². The number of fused-ring (bicyclic) bond motifs is 1. The minimum absolute atomic E-state index is 0.156. The van der Waals surface area contributed by atoms with Crippen molar-refractivity contribution < 1.29 is 18.4 Å². The van der Waals surface area contributed by atoms with Gasteiger partial charge in [-0.2, -0.15) is 0 Å². The summed E-state index contributed by atoms with van der Waals surface area (Å²) in [6, 6.07) is 18.6. The van der Waals surface area contributed by atoms with Gasteiger partial charge in [0, 0.05) is 48.1 Å². The van der Waals surface area contributed by atoms with E-state index in [-0.39, 0.29) is 17.6 Å². The number of oxazole rings is 1. The topological polar surface area (TPSA) is 78.7 Å². The molecule has 1 fully saturated rings. The third kappa shape index (κ3) is 5.63. The van der Waals surface area contributed by atoms with E-state index in [1.807, 2.05) is 24.3 Å². The third-order valence-electron chi connectivity index (χ3n) is 5.81. The molecule has 0 spiro atoms. The zero-order chi connectivity index (χ0) is 25.1. The summed E-state index contributed by atoms with van der Waals surface area (Å²) in [7, 11) is 0. The number of benzene rings is 3. The van der Waals surface area contributed by atoms with Crippen LogP contribution in [0, 0.1) is 5.82 Å². The fraction of sp³-hybridized carbons (Fsp3) is 0.192. The first-order chi connectivity index (χ1) is 17.4. The van der Waals surface area contributed by atoms with E-state index in [0.29, 0.717) is 58.8 Å². The summed E-state index contributed by atoms with van der Waals surface area (Å²) in [5.74, 6) is -0.588. The van der Waals surface area contributed by atoms with Gasteiger partial charge in [0.15, 0.2) is 5.58 Å². The molecule has 0 aliphatic carbocycles. The van der Waals surface area contributed by atoms with Crippen molar-refractivity contribution in [2.45, 2.75) is 5.22 Å². The molecule has 10 heteroatoms. The van der Waals surface area contributed by atoms with E-state index in [9.17, 15) is 14.0 Å². The number of rotatable bonds is 6. The molecule has 0 unspecified atom stereocenters. The summed E-state index contributed by atoms with van der Waals surface area (Å²) in [4.78, 5) is 33.3. The number of carbonyl (C=O) groups excluding carboxylic acids is 2. The quantitative estimate of drug-likeness (QED) is 0.344. The highest BCUT2D eigenvalue weighted by Crippen LogP contribution is 2.26. The Labute approximate surface area is 216 Å². The van der Waals surface area contributed by atoms with Crippen LogP contribution in [-0.2, 0) is 4.79 Å². The smallest absolute Gasteiger partial charge is 0.257 e. The first kappa shape index (κ1) is 24.1. The second-order valence-corrected chi connectivity index (χ2v) is 9.63. The number of hydrogen-bond donors (Lipinski definition) is 1. The van der Waals surface area contributed by atoms with Crippen LogP contribution >= 0.6 is 23.4 Å². The Bertz CT molecular complexity index is 1400. The molecule has 4 aromatic rings. The third-order valence-corrected chi connectivity index (χ3v) is 6.87. The number of hydrogen-bond acceptors (Lipinski definition) is 6. The summed E-state index contributed by atoms with van der Waals surface area (Å²) in [5.41, 5.74) is 3.33. The molecular weight excluding hydrogens is 503 g/mol. The van der Waals surface area contributed by atoms with Gasteiger partial charge in [-0.3, -0.25) is 9.59 Å². The molecule has 2 heterocycles. The van der Waals surface area contributed by atoms with Crippen molar-refractivity contribution in [1.82, 2.24) is 9.88 Å². The standard InChI is InChI=1S/C26H22ClFN4O3S/c27-18-4-9-23-22(15-18)30-26(35-23)36-16-24(33)29-20-5-7-21(8-6-20)31-10-12-32(13-11-31)25(34)17-2-1-3-19(28)14-17/h1-9,14-15H,10-13,16H2,(H,29,33). The highest BCUT2D eigenvalue weighted by molar-refractivity contribution is 7.99. The highest BCUT2D eigenvalue weighted by atomic mass is 35.5. The number of carbonyl (C=O) groups is 2. The maximum Gasteiger partial charge on any atom is 0.257 e. The average molecular weight is 525 g/mol. The van der Waals surface area contributed by atoms with Crippen LogP contribution in [0.1, 0.15) is 10.4 Å². The molecule has 2 amide bonds. The monoisotopic (exact) mass is 524 g/mol. The van der Waals surface area contributed by atoms with Crippen molar-refractivity contribution in [1.29, 1.82) is 0 Å². The van der Waals surface area contributed by atoms with E-state index in [2.05, 4.69) is 15.2 Å². The maximum atomic E-state index is 13.4. The van der Waals surface area contributed by atoms with Gasteiger partial charge in [0.2, 0.25) is 5.91 Å².